The van der Waals surface area contributed by atoms with Crippen LogP contribution in [0.2, 0.25) is 0 Å². The highest BCUT2D eigenvalue weighted by atomic mass is 16.6. The Hall–Kier alpha value is -2.57. The summed E-state index contributed by atoms with van der Waals surface area (Å²) < 4.78 is 5.48. The van der Waals surface area contributed by atoms with Gasteiger partial charge < -0.3 is 20.3 Å². The normalized spacial score (nSPS) is 13.9. The van der Waals surface area contributed by atoms with Gasteiger partial charge in [0.05, 0.1) is 0 Å². The lowest BCUT2D eigenvalue weighted by Crippen LogP contribution is -2.54. The third-order valence-corrected chi connectivity index (χ3v) is 6.30. The van der Waals surface area contributed by atoms with Gasteiger partial charge in [0.2, 0.25) is 11.8 Å². The molecule has 0 aliphatic heterocycles. The number of nitrogens with one attached hydrogen (secondary N) is 2. The highest BCUT2D eigenvalue weighted by Gasteiger charge is 2.36. The van der Waals surface area contributed by atoms with Crippen LogP contribution in [0.25, 0.3) is 0 Å². The summed E-state index contributed by atoms with van der Waals surface area (Å²) >= 11 is 0. The van der Waals surface area contributed by atoms with Crippen LogP contribution >= 0.6 is 0 Å². The van der Waals surface area contributed by atoms with Crippen LogP contribution in [0.1, 0.15) is 118 Å². The molecule has 2 N–H and O–H groups in total. The molecule has 1 rings (SSSR count). The fourth-order valence-corrected chi connectivity index (χ4v) is 4.47. The van der Waals surface area contributed by atoms with E-state index in [1.165, 1.54) is 0 Å². The summed E-state index contributed by atoms with van der Waals surface area (Å²) in [6.45, 7) is 18.1. The number of carbonyl (C=O) groups is 3. The zero-order valence-electron chi connectivity index (χ0n) is 25.4. The highest BCUT2D eigenvalue weighted by Crippen LogP contribution is 2.25. The summed E-state index contributed by atoms with van der Waals surface area (Å²) in [4.78, 5) is 42.4. The average molecular weight is 532 g/mol. The fraction of sp³-hybridized carbons (Fsp3) is 0.710. The predicted octanol–water partition coefficient (Wildman–Crippen LogP) is 6.69. The van der Waals surface area contributed by atoms with Gasteiger partial charge >= 0.3 is 6.09 Å². The van der Waals surface area contributed by atoms with Gasteiger partial charge in [0, 0.05) is 12.6 Å². The van der Waals surface area contributed by atoms with Crippen LogP contribution in [0, 0.1) is 12.8 Å². The molecule has 0 saturated carbocycles. The van der Waals surface area contributed by atoms with Crippen molar-refractivity contribution in [2.75, 3.05) is 6.54 Å². The summed E-state index contributed by atoms with van der Waals surface area (Å²) in [6, 6.07) is 6.18. The van der Waals surface area contributed by atoms with Gasteiger partial charge in [-0.25, -0.2) is 4.79 Å². The summed E-state index contributed by atoms with van der Waals surface area (Å²) in [7, 11) is 0. The van der Waals surface area contributed by atoms with E-state index in [2.05, 4.69) is 24.5 Å². The first-order valence-electron chi connectivity index (χ1n) is 14.5. The molecule has 0 heterocycles. The second-order valence-corrected chi connectivity index (χ2v) is 11.9. The van der Waals surface area contributed by atoms with Crippen molar-refractivity contribution in [1.82, 2.24) is 15.5 Å². The third kappa shape index (κ3) is 12.3. The van der Waals surface area contributed by atoms with Crippen molar-refractivity contribution in [2.45, 2.75) is 131 Å². The first-order chi connectivity index (χ1) is 17.8. The predicted molar refractivity (Wildman–Crippen MR) is 155 cm³/mol. The number of hydrogen-bond donors (Lipinski definition) is 2. The van der Waals surface area contributed by atoms with Crippen LogP contribution in [0.4, 0.5) is 4.79 Å². The molecule has 1 aromatic carbocycles. The van der Waals surface area contributed by atoms with Gasteiger partial charge in [0.15, 0.2) is 0 Å². The van der Waals surface area contributed by atoms with E-state index >= 15 is 0 Å². The standard InChI is InChI=1S/C31H53N3O4/c1-10-12-13-14-20-34(29(36)26(21-22(3)4)33-30(37)38-31(7,8)9)27(25-18-16-23(5)17-19-25)28(35)32-24(6)15-11-2/h16-19,22,24,26-27H,10-15,20-21H2,1-9H3,(H,32,35)(H,33,37). The number of ether oxygens (including phenoxy) is 1. The zero-order chi connectivity index (χ0) is 28.9. The van der Waals surface area contributed by atoms with E-state index in [1.807, 2.05) is 52.0 Å². The van der Waals surface area contributed by atoms with E-state index in [0.29, 0.717) is 13.0 Å². The number of benzene rings is 1. The van der Waals surface area contributed by atoms with Crippen LogP contribution < -0.4 is 10.6 Å². The monoisotopic (exact) mass is 531 g/mol. The molecule has 0 aliphatic rings. The number of aryl methyl sites for hydroxylation is 1. The molecular formula is C31H53N3O4. The molecule has 0 fully saturated rings. The van der Waals surface area contributed by atoms with Crippen molar-refractivity contribution in [3.05, 3.63) is 35.4 Å². The maximum absolute atomic E-state index is 14.2. The van der Waals surface area contributed by atoms with E-state index in [9.17, 15) is 14.4 Å². The van der Waals surface area contributed by atoms with Gasteiger partial charge in [-0.3, -0.25) is 9.59 Å². The Bertz CT molecular complexity index is 861. The Morgan fingerprint density at radius 3 is 2.08 bits per heavy atom. The van der Waals surface area contributed by atoms with Crippen LogP contribution in [-0.4, -0.2) is 47.0 Å². The Labute approximate surface area is 231 Å². The molecule has 38 heavy (non-hydrogen) atoms. The lowest BCUT2D eigenvalue weighted by atomic mass is 9.98. The molecule has 0 aromatic heterocycles. The smallest absolute Gasteiger partial charge is 0.408 e. The van der Waals surface area contributed by atoms with Crippen molar-refractivity contribution in [1.29, 1.82) is 0 Å². The van der Waals surface area contributed by atoms with E-state index in [0.717, 1.165) is 49.7 Å². The molecular weight excluding hydrogens is 478 g/mol. The maximum atomic E-state index is 14.2. The molecule has 216 valence electrons. The van der Waals surface area contributed by atoms with Crippen molar-refractivity contribution < 1.29 is 19.1 Å². The Kier molecular flexibility index (Phi) is 14.4. The summed E-state index contributed by atoms with van der Waals surface area (Å²) in [5.74, 6) is -0.304. The molecule has 0 spiro atoms. The largest absolute Gasteiger partial charge is 0.444 e. The Morgan fingerprint density at radius 2 is 1.55 bits per heavy atom. The minimum absolute atomic E-state index is 0.0103. The van der Waals surface area contributed by atoms with Gasteiger partial charge in [0.1, 0.15) is 17.7 Å². The summed E-state index contributed by atoms with van der Waals surface area (Å²) in [5.41, 5.74) is 1.16. The van der Waals surface area contributed by atoms with Gasteiger partial charge in [-0.2, -0.15) is 0 Å². The number of amides is 3. The van der Waals surface area contributed by atoms with Gasteiger partial charge in [-0.15, -0.1) is 0 Å². The minimum atomic E-state index is -0.801. The molecule has 3 amide bonds. The van der Waals surface area contributed by atoms with Gasteiger partial charge in [-0.1, -0.05) is 83.2 Å². The van der Waals surface area contributed by atoms with Crippen molar-refractivity contribution in [3.63, 3.8) is 0 Å². The maximum Gasteiger partial charge on any atom is 0.408 e. The molecule has 0 radical (unpaired) electrons. The minimum Gasteiger partial charge on any atom is -0.444 e. The average Bonchev–Trinajstić information content (AvgIpc) is 2.79. The Balaban J connectivity index is 3.47. The topological polar surface area (TPSA) is 87.7 Å². The van der Waals surface area contributed by atoms with Crippen LogP contribution in [0.15, 0.2) is 24.3 Å². The van der Waals surface area contributed by atoms with E-state index in [1.54, 1.807) is 25.7 Å². The first-order valence-corrected chi connectivity index (χ1v) is 14.5. The SMILES string of the molecule is CCCCCCN(C(=O)C(CC(C)C)NC(=O)OC(C)(C)C)C(C(=O)NC(C)CCC)c1ccc(C)cc1. The number of carbonyl (C=O) groups excluding carboxylic acids is 3. The number of unbranched alkanes of at least 4 members (excludes halogenated alkanes) is 3. The van der Waals surface area contributed by atoms with E-state index in [-0.39, 0.29) is 23.8 Å². The second kappa shape index (κ2) is 16.4. The lowest BCUT2D eigenvalue weighted by molar-refractivity contribution is -0.143. The van der Waals surface area contributed by atoms with E-state index in [4.69, 9.17) is 4.74 Å². The van der Waals surface area contributed by atoms with Crippen LogP contribution in [0.5, 0.6) is 0 Å². The van der Waals surface area contributed by atoms with Crippen LogP contribution in [-0.2, 0) is 14.3 Å². The third-order valence-electron chi connectivity index (χ3n) is 6.30. The molecule has 7 heteroatoms. The fourth-order valence-electron chi connectivity index (χ4n) is 4.47. The number of rotatable bonds is 15. The van der Waals surface area contributed by atoms with Crippen LogP contribution in [0.3, 0.4) is 0 Å². The molecule has 1 aromatic rings. The highest BCUT2D eigenvalue weighted by molar-refractivity contribution is 5.92. The van der Waals surface area contributed by atoms with Crippen molar-refractivity contribution in [2.24, 2.45) is 5.92 Å². The summed E-state index contributed by atoms with van der Waals surface area (Å²) in [6.07, 6.45) is 5.49. The molecule has 7 nitrogen and oxygen atoms in total. The molecule has 0 aliphatic carbocycles. The van der Waals surface area contributed by atoms with E-state index < -0.39 is 23.8 Å². The Morgan fingerprint density at radius 1 is 0.921 bits per heavy atom. The lowest BCUT2D eigenvalue weighted by Gasteiger charge is -2.35. The molecule has 3 atom stereocenters. The van der Waals surface area contributed by atoms with Crippen molar-refractivity contribution >= 4 is 17.9 Å². The number of hydrogen-bond acceptors (Lipinski definition) is 4. The summed E-state index contributed by atoms with van der Waals surface area (Å²) in [5, 5.41) is 5.96. The second-order valence-electron chi connectivity index (χ2n) is 11.9. The number of alkyl carbamates (subject to hydrolysis) is 1. The van der Waals surface area contributed by atoms with Gasteiger partial charge in [-0.05, 0) is 65.4 Å². The first kappa shape index (κ1) is 33.5. The molecule has 0 saturated heterocycles. The quantitative estimate of drug-likeness (QED) is 0.247. The number of nitrogens with zero attached hydrogens (tertiary/aromatic N) is 1. The van der Waals surface area contributed by atoms with Crippen molar-refractivity contribution in [3.8, 4) is 0 Å². The zero-order valence-corrected chi connectivity index (χ0v) is 25.4. The van der Waals surface area contributed by atoms with Gasteiger partial charge in [0.25, 0.3) is 0 Å². The molecule has 0 bridgehead atoms. The molecule has 3 unspecified atom stereocenters.